The van der Waals surface area contributed by atoms with E-state index in [0.717, 1.165) is 34.4 Å². The highest BCUT2D eigenvalue weighted by Gasteiger charge is 2.33. The van der Waals surface area contributed by atoms with Crippen molar-refractivity contribution < 1.29 is 13.2 Å². The number of nitrogen functional groups attached to an aromatic ring is 1. The zero-order valence-corrected chi connectivity index (χ0v) is 15.2. The number of alkyl halides is 3. The quantitative estimate of drug-likeness (QED) is 0.495. The fourth-order valence-corrected chi connectivity index (χ4v) is 3.49. The molecule has 0 amide bonds. The monoisotopic (exact) mass is 381 g/mol. The molecule has 3 aromatic rings. The largest absolute Gasteiger partial charge is 0.433 e. The molecule has 1 atom stereocenters. The average Bonchev–Trinajstić information content (AvgIpc) is 2.96. The molecule has 0 saturated carbocycles. The first-order valence-corrected chi connectivity index (χ1v) is 8.88. The highest BCUT2D eigenvalue weighted by atomic mass is 32.2. The SMILES string of the molecule is CC(C)c1c[nH]c2cnc(C(C)Sc3nc(N)cc(C(F)(F)F)n3)cc12. The molecule has 0 bridgehead atoms. The summed E-state index contributed by atoms with van der Waals surface area (Å²) < 4.78 is 38.7. The Hall–Kier alpha value is -2.29. The molecule has 3 aromatic heterocycles. The fourth-order valence-electron chi connectivity index (χ4n) is 2.62. The molecule has 5 nitrogen and oxygen atoms in total. The Bertz CT molecular complexity index is 936. The minimum atomic E-state index is -4.57. The van der Waals surface area contributed by atoms with Crippen molar-refractivity contribution in [1.29, 1.82) is 0 Å². The minimum absolute atomic E-state index is 0.0233. The maximum absolute atomic E-state index is 12.9. The molecule has 0 aromatic carbocycles. The number of anilines is 1. The lowest BCUT2D eigenvalue weighted by molar-refractivity contribution is -0.141. The molecule has 0 radical (unpaired) electrons. The van der Waals surface area contributed by atoms with Gasteiger partial charge in [0.15, 0.2) is 10.9 Å². The van der Waals surface area contributed by atoms with Crippen molar-refractivity contribution in [2.24, 2.45) is 0 Å². The Kier molecular flexibility index (Phi) is 4.83. The van der Waals surface area contributed by atoms with Gasteiger partial charge in [0, 0.05) is 17.6 Å². The van der Waals surface area contributed by atoms with Gasteiger partial charge in [0.2, 0.25) is 0 Å². The number of nitrogens with one attached hydrogen (secondary N) is 1. The molecule has 0 saturated heterocycles. The number of H-pyrrole nitrogens is 1. The fraction of sp³-hybridized carbons (Fsp3) is 0.353. The van der Waals surface area contributed by atoms with Crippen molar-refractivity contribution in [3.8, 4) is 0 Å². The summed E-state index contributed by atoms with van der Waals surface area (Å²) in [7, 11) is 0. The highest BCUT2D eigenvalue weighted by Crippen LogP contribution is 2.36. The van der Waals surface area contributed by atoms with Crippen molar-refractivity contribution in [3.05, 3.63) is 41.5 Å². The van der Waals surface area contributed by atoms with Gasteiger partial charge in [0.1, 0.15) is 5.82 Å². The van der Waals surface area contributed by atoms with Gasteiger partial charge in [-0.3, -0.25) is 4.98 Å². The van der Waals surface area contributed by atoms with E-state index in [0.29, 0.717) is 5.92 Å². The lowest BCUT2D eigenvalue weighted by Gasteiger charge is -2.12. The molecule has 0 fully saturated rings. The summed E-state index contributed by atoms with van der Waals surface area (Å²) in [6, 6.07) is 2.68. The number of fused-ring (bicyclic) bond motifs is 1. The van der Waals surface area contributed by atoms with E-state index < -0.39 is 11.9 Å². The summed E-state index contributed by atoms with van der Waals surface area (Å²) in [6.45, 7) is 6.04. The van der Waals surface area contributed by atoms with Gasteiger partial charge in [-0.25, -0.2) is 9.97 Å². The third kappa shape index (κ3) is 3.77. The van der Waals surface area contributed by atoms with E-state index in [4.69, 9.17) is 5.73 Å². The number of aromatic nitrogens is 4. The van der Waals surface area contributed by atoms with E-state index in [2.05, 4.69) is 33.8 Å². The van der Waals surface area contributed by atoms with E-state index in [1.165, 1.54) is 5.56 Å². The van der Waals surface area contributed by atoms with Crippen LogP contribution in [0.5, 0.6) is 0 Å². The van der Waals surface area contributed by atoms with Crippen LogP contribution >= 0.6 is 11.8 Å². The van der Waals surface area contributed by atoms with Crippen LogP contribution in [-0.4, -0.2) is 19.9 Å². The van der Waals surface area contributed by atoms with Crippen LogP contribution in [0.4, 0.5) is 19.0 Å². The third-order valence-electron chi connectivity index (χ3n) is 3.96. The number of hydrogen-bond acceptors (Lipinski definition) is 5. The molecule has 0 spiro atoms. The van der Waals surface area contributed by atoms with Gasteiger partial charge in [-0.2, -0.15) is 13.2 Å². The highest BCUT2D eigenvalue weighted by molar-refractivity contribution is 7.99. The standard InChI is InChI=1S/C17H18F3N5S/c1-8(2)11-6-22-13-7-23-12(4-10(11)13)9(3)26-16-24-14(17(18,19)20)5-15(21)25-16/h4-9,22H,1-3H3,(H2,21,24,25). The van der Waals surface area contributed by atoms with E-state index in [1.54, 1.807) is 6.20 Å². The number of rotatable bonds is 4. The second kappa shape index (κ2) is 6.79. The van der Waals surface area contributed by atoms with Gasteiger partial charge in [0.25, 0.3) is 0 Å². The second-order valence-corrected chi connectivity index (χ2v) is 7.58. The molecule has 3 N–H and O–H groups in total. The number of thioether (sulfide) groups is 1. The molecule has 1 unspecified atom stereocenters. The van der Waals surface area contributed by atoms with Gasteiger partial charge >= 0.3 is 6.18 Å². The Morgan fingerprint density at radius 3 is 2.54 bits per heavy atom. The van der Waals surface area contributed by atoms with Gasteiger partial charge < -0.3 is 10.7 Å². The van der Waals surface area contributed by atoms with Crippen LogP contribution in [-0.2, 0) is 6.18 Å². The maximum Gasteiger partial charge on any atom is 0.433 e. The van der Waals surface area contributed by atoms with Crippen molar-refractivity contribution >= 4 is 28.5 Å². The van der Waals surface area contributed by atoms with Crippen molar-refractivity contribution in [2.75, 3.05) is 5.73 Å². The van der Waals surface area contributed by atoms with Gasteiger partial charge in [-0.15, -0.1) is 0 Å². The molecule has 0 aliphatic rings. The summed E-state index contributed by atoms with van der Waals surface area (Å²) in [5.74, 6) is 0.131. The lowest BCUT2D eigenvalue weighted by Crippen LogP contribution is -2.11. The van der Waals surface area contributed by atoms with Crippen molar-refractivity contribution in [1.82, 2.24) is 19.9 Å². The predicted molar refractivity (Wildman–Crippen MR) is 95.9 cm³/mol. The van der Waals surface area contributed by atoms with Crippen LogP contribution in [0.1, 0.15) is 48.9 Å². The normalized spacial score (nSPS) is 13.5. The number of aromatic amines is 1. The molecule has 9 heteroatoms. The topological polar surface area (TPSA) is 80.5 Å². The number of hydrogen-bond donors (Lipinski definition) is 2. The zero-order valence-electron chi connectivity index (χ0n) is 14.4. The molecule has 26 heavy (non-hydrogen) atoms. The lowest BCUT2D eigenvalue weighted by atomic mass is 10.0. The average molecular weight is 381 g/mol. The summed E-state index contributed by atoms with van der Waals surface area (Å²) in [6.07, 6.45) is -0.881. The number of pyridine rings is 1. The predicted octanol–water partition coefficient (Wildman–Crippen LogP) is 4.93. The van der Waals surface area contributed by atoms with Gasteiger partial charge in [0.05, 0.1) is 22.7 Å². The maximum atomic E-state index is 12.9. The summed E-state index contributed by atoms with van der Waals surface area (Å²) in [5.41, 5.74) is 7.29. The Balaban J connectivity index is 1.91. The molecule has 0 aliphatic carbocycles. The van der Waals surface area contributed by atoms with Crippen molar-refractivity contribution in [3.63, 3.8) is 0 Å². The first-order valence-electron chi connectivity index (χ1n) is 8.00. The van der Waals surface area contributed by atoms with Gasteiger partial charge in [-0.1, -0.05) is 25.6 Å². The third-order valence-corrected chi connectivity index (χ3v) is 4.94. The van der Waals surface area contributed by atoms with Crippen LogP contribution in [0.3, 0.4) is 0 Å². The smallest absolute Gasteiger partial charge is 0.384 e. The van der Waals surface area contributed by atoms with Crippen LogP contribution in [0.2, 0.25) is 0 Å². The summed E-state index contributed by atoms with van der Waals surface area (Å²) in [4.78, 5) is 15.1. The molecular formula is C17H18F3N5S. The van der Waals surface area contributed by atoms with Gasteiger partial charge in [-0.05, 0) is 24.5 Å². The second-order valence-electron chi connectivity index (χ2n) is 6.27. The molecule has 0 aliphatic heterocycles. The van der Waals surface area contributed by atoms with Crippen molar-refractivity contribution in [2.45, 2.75) is 43.3 Å². The first-order chi connectivity index (χ1) is 12.1. The Labute approximate surface area is 152 Å². The van der Waals surface area contributed by atoms with Crippen LogP contribution in [0, 0.1) is 0 Å². The number of nitrogens with two attached hydrogens (primary N) is 1. The van der Waals surface area contributed by atoms with E-state index in [9.17, 15) is 13.2 Å². The molecular weight excluding hydrogens is 363 g/mol. The van der Waals surface area contributed by atoms with Crippen LogP contribution in [0.25, 0.3) is 10.9 Å². The number of halogens is 3. The zero-order chi connectivity index (χ0) is 19.1. The molecule has 3 heterocycles. The summed E-state index contributed by atoms with van der Waals surface area (Å²) in [5, 5.41) is 0.795. The number of nitrogens with zero attached hydrogens (tertiary/aromatic N) is 3. The molecule has 3 rings (SSSR count). The first kappa shape index (κ1) is 18.5. The van der Waals surface area contributed by atoms with Crippen LogP contribution in [0.15, 0.2) is 29.7 Å². The Morgan fingerprint density at radius 2 is 1.88 bits per heavy atom. The van der Waals surface area contributed by atoms with E-state index in [-0.39, 0.29) is 16.2 Å². The summed E-state index contributed by atoms with van der Waals surface area (Å²) >= 11 is 1.09. The van der Waals surface area contributed by atoms with E-state index >= 15 is 0 Å². The van der Waals surface area contributed by atoms with E-state index in [1.807, 2.05) is 19.2 Å². The minimum Gasteiger partial charge on any atom is -0.384 e. The Morgan fingerprint density at radius 1 is 1.15 bits per heavy atom. The molecule has 138 valence electrons. The van der Waals surface area contributed by atoms with Crippen LogP contribution < -0.4 is 5.73 Å².